The van der Waals surface area contributed by atoms with E-state index >= 15 is 0 Å². The second-order valence-corrected chi connectivity index (χ2v) is 6.60. The van der Waals surface area contributed by atoms with Crippen LogP contribution in [0.1, 0.15) is 23.7 Å². The van der Waals surface area contributed by atoms with Gasteiger partial charge in [0, 0.05) is 32.2 Å². The number of para-hydroxylation sites is 1. The molecule has 2 aromatic carbocycles. The molecule has 162 valence electrons. The molecule has 0 saturated carbocycles. The van der Waals surface area contributed by atoms with E-state index in [1.807, 2.05) is 18.9 Å². The summed E-state index contributed by atoms with van der Waals surface area (Å²) < 4.78 is 19.1. The van der Waals surface area contributed by atoms with Crippen molar-refractivity contribution in [2.45, 2.75) is 13.3 Å². The summed E-state index contributed by atoms with van der Waals surface area (Å²) in [6.45, 7) is 4.55. The molecule has 0 atom stereocenters. The molecule has 0 saturated heterocycles. The molecule has 3 N–H and O–H groups in total. The lowest BCUT2D eigenvalue weighted by molar-refractivity contribution is 0.0953. The molecule has 8 heteroatoms. The number of guanidine groups is 1. The zero-order valence-electron chi connectivity index (χ0n) is 17.4. The number of nitrogens with one attached hydrogen (secondary N) is 2. The Morgan fingerprint density at radius 1 is 1.20 bits per heavy atom. The number of carbonyl (C=O) groups is 1. The van der Waals surface area contributed by atoms with E-state index in [1.165, 1.54) is 18.2 Å². The molecule has 0 heterocycles. The van der Waals surface area contributed by atoms with Crippen molar-refractivity contribution >= 4 is 11.9 Å². The standard InChI is InChI=1S/C22H29FN4O3/c1-3-24-22(27(2)14-15-30-20-11-5-4-10-19(20)23)26-13-7-12-25-21(29)17-8-6-9-18(28)16-17/h4-6,8-11,16,28H,3,7,12-15H2,1-2H3,(H,24,26)(H,25,29). The molecule has 0 aliphatic heterocycles. The smallest absolute Gasteiger partial charge is 0.251 e. The number of halogens is 1. The van der Waals surface area contributed by atoms with Crippen molar-refractivity contribution in [2.24, 2.45) is 4.99 Å². The van der Waals surface area contributed by atoms with Gasteiger partial charge in [-0.15, -0.1) is 0 Å². The van der Waals surface area contributed by atoms with Gasteiger partial charge in [-0.3, -0.25) is 9.79 Å². The third-order valence-corrected chi connectivity index (χ3v) is 4.21. The summed E-state index contributed by atoms with van der Waals surface area (Å²) in [5.41, 5.74) is 0.418. The molecule has 0 aliphatic carbocycles. The van der Waals surface area contributed by atoms with Crippen LogP contribution in [0.5, 0.6) is 11.5 Å². The Labute approximate surface area is 176 Å². The molecule has 0 bridgehead atoms. The molecule has 0 radical (unpaired) electrons. The molecule has 1 amide bonds. The van der Waals surface area contributed by atoms with Crippen LogP contribution in [0.25, 0.3) is 0 Å². The highest BCUT2D eigenvalue weighted by Crippen LogP contribution is 2.15. The van der Waals surface area contributed by atoms with Crippen LogP contribution in [0, 0.1) is 5.82 Å². The van der Waals surface area contributed by atoms with Gasteiger partial charge in [0.1, 0.15) is 12.4 Å². The maximum Gasteiger partial charge on any atom is 0.251 e. The lowest BCUT2D eigenvalue weighted by Crippen LogP contribution is -2.41. The van der Waals surface area contributed by atoms with E-state index in [9.17, 15) is 14.3 Å². The number of ether oxygens (including phenoxy) is 1. The Balaban J connectivity index is 1.74. The van der Waals surface area contributed by atoms with Crippen LogP contribution in [0.4, 0.5) is 4.39 Å². The van der Waals surface area contributed by atoms with Gasteiger partial charge in [0.15, 0.2) is 17.5 Å². The Bertz CT molecular complexity index is 845. The van der Waals surface area contributed by atoms with E-state index in [0.29, 0.717) is 50.7 Å². The maximum absolute atomic E-state index is 13.6. The first kappa shape index (κ1) is 23.0. The predicted molar refractivity (Wildman–Crippen MR) is 116 cm³/mol. The summed E-state index contributed by atoms with van der Waals surface area (Å²) in [5, 5.41) is 15.5. The van der Waals surface area contributed by atoms with Gasteiger partial charge in [-0.05, 0) is 43.7 Å². The van der Waals surface area contributed by atoms with Crippen molar-refractivity contribution in [3.8, 4) is 11.5 Å². The number of rotatable bonds is 10. The lowest BCUT2D eigenvalue weighted by Gasteiger charge is -2.22. The number of hydrogen-bond acceptors (Lipinski definition) is 4. The van der Waals surface area contributed by atoms with Crippen LogP contribution >= 0.6 is 0 Å². The predicted octanol–water partition coefficient (Wildman–Crippen LogP) is 2.63. The maximum atomic E-state index is 13.6. The van der Waals surface area contributed by atoms with Gasteiger partial charge in [-0.1, -0.05) is 18.2 Å². The SMILES string of the molecule is CCNC(=NCCCNC(=O)c1cccc(O)c1)N(C)CCOc1ccccc1F. The molecule has 2 aromatic rings. The number of likely N-dealkylation sites (N-methyl/N-ethyl adjacent to an activating group) is 1. The first-order valence-corrected chi connectivity index (χ1v) is 9.95. The molecule has 0 aromatic heterocycles. The molecule has 0 spiro atoms. The summed E-state index contributed by atoms with van der Waals surface area (Å²) in [7, 11) is 1.88. The van der Waals surface area contributed by atoms with E-state index in [-0.39, 0.29) is 23.2 Å². The molecule has 30 heavy (non-hydrogen) atoms. The minimum atomic E-state index is -0.381. The van der Waals surface area contributed by atoms with Crippen LogP contribution in [0.3, 0.4) is 0 Å². The number of aromatic hydroxyl groups is 1. The van der Waals surface area contributed by atoms with Crippen molar-refractivity contribution in [1.82, 2.24) is 15.5 Å². The number of benzene rings is 2. The largest absolute Gasteiger partial charge is 0.508 e. The van der Waals surface area contributed by atoms with Gasteiger partial charge in [0.2, 0.25) is 0 Å². The third-order valence-electron chi connectivity index (χ3n) is 4.21. The Hall–Kier alpha value is -3.29. The van der Waals surface area contributed by atoms with Crippen LogP contribution in [0.2, 0.25) is 0 Å². The molecule has 0 fully saturated rings. The molecular formula is C22H29FN4O3. The molecular weight excluding hydrogens is 387 g/mol. The summed E-state index contributed by atoms with van der Waals surface area (Å²) in [4.78, 5) is 18.5. The number of amides is 1. The minimum Gasteiger partial charge on any atom is -0.508 e. The van der Waals surface area contributed by atoms with Gasteiger partial charge in [0.05, 0.1) is 6.54 Å². The molecule has 2 rings (SSSR count). The van der Waals surface area contributed by atoms with Crippen LogP contribution in [0.15, 0.2) is 53.5 Å². The zero-order valence-corrected chi connectivity index (χ0v) is 17.4. The van der Waals surface area contributed by atoms with E-state index < -0.39 is 0 Å². The fourth-order valence-electron chi connectivity index (χ4n) is 2.65. The van der Waals surface area contributed by atoms with Gasteiger partial charge in [0.25, 0.3) is 5.91 Å². The van der Waals surface area contributed by atoms with Crippen LogP contribution in [-0.2, 0) is 0 Å². The molecule has 0 aliphatic rings. The number of nitrogens with zero attached hydrogens (tertiary/aromatic N) is 2. The second-order valence-electron chi connectivity index (χ2n) is 6.60. The summed E-state index contributed by atoms with van der Waals surface area (Å²) in [6, 6.07) is 12.5. The van der Waals surface area contributed by atoms with Crippen molar-refractivity contribution in [3.63, 3.8) is 0 Å². The lowest BCUT2D eigenvalue weighted by atomic mass is 10.2. The van der Waals surface area contributed by atoms with E-state index in [4.69, 9.17) is 4.74 Å². The number of carbonyl (C=O) groups excluding carboxylic acids is 1. The highest BCUT2D eigenvalue weighted by molar-refractivity contribution is 5.94. The number of phenolic OH excluding ortho intramolecular Hbond substituents is 1. The Kier molecular flexibility index (Phi) is 9.44. The monoisotopic (exact) mass is 416 g/mol. The molecule has 7 nitrogen and oxygen atoms in total. The fourth-order valence-corrected chi connectivity index (χ4v) is 2.65. The van der Waals surface area contributed by atoms with Crippen molar-refractivity contribution in [1.29, 1.82) is 0 Å². The second kappa shape index (κ2) is 12.3. The minimum absolute atomic E-state index is 0.0598. The Morgan fingerprint density at radius 3 is 2.73 bits per heavy atom. The first-order valence-electron chi connectivity index (χ1n) is 9.95. The van der Waals surface area contributed by atoms with Crippen LogP contribution in [-0.4, -0.2) is 61.7 Å². The third kappa shape index (κ3) is 7.62. The number of phenols is 1. The number of hydrogen-bond donors (Lipinski definition) is 3. The van der Waals surface area contributed by atoms with Gasteiger partial charge in [-0.25, -0.2) is 4.39 Å². The topological polar surface area (TPSA) is 86.2 Å². The highest BCUT2D eigenvalue weighted by atomic mass is 19.1. The van der Waals surface area contributed by atoms with E-state index in [0.717, 1.165) is 0 Å². The van der Waals surface area contributed by atoms with Crippen LogP contribution < -0.4 is 15.4 Å². The quantitative estimate of drug-likeness (QED) is 0.315. The average Bonchev–Trinajstić information content (AvgIpc) is 2.73. The highest BCUT2D eigenvalue weighted by Gasteiger charge is 2.08. The Morgan fingerprint density at radius 2 is 2.00 bits per heavy atom. The van der Waals surface area contributed by atoms with E-state index in [1.54, 1.807) is 30.3 Å². The van der Waals surface area contributed by atoms with Crippen molar-refractivity contribution < 1.29 is 19.0 Å². The van der Waals surface area contributed by atoms with Crippen molar-refractivity contribution in [3.05, 3.63) is 59.9 Å². The number of aliphatic imine (C=N–C) groups is 1. The normalized spacial score (nSPS) is 11.1. The summed E-state index contributed by atoms with van der Waals surface area (Å²) in [5.74, 6) is 0.395. The fraction of sp³-hybridized carbons (Fsp3) is 0.364. The van der Waals surface area contributed by atoms with Gasteiger partial charge < -0.3 is 25.4 Å². The average molecular weight is 416 g/mol. The summed E-state index contributed by atoms with van der Waals surface area (Å²) in [6.07, 6.45) is 0.666. The summed E-state index contributed by atoms with van der Waals surface area (Å²) >= 11 is 0. The van der Waals surface area contributed by atoms with Crippen molar-refractivity contribution in [2.75, 3.05) is 39.8 Å². The zero-order chi connectivity index (χ0) is 21.8. The van der Waals surface area contributed by atoms with E-state index in [2.05, 4.69) is 15.6 Å². The van der Waals surface area contributed by atoms with Gasteiger partial charge in [-0.2, -0.15) is 0 Å². The van der Waals surface area contributed by atoms with Gasteiger partial charge >= 0.3 is 0 Å². The first-order chi connectivity index (χ1) is 14.5. The molecule has 0 unspecified atom stereocenters.